The molecule has 0 aliphatic carbocycles. The topological polar surface area (TPSA) is 28.5 Å². The summed E-state index contributed by atoms with van der Waals surface area (Å²) in [6.07, 6.45) is 1.99. The summed E-state index contributed by atoms with van der Waals surface area (Å²) >= 11 is 1.82. The smallest absolute Gasteiger partial charge is 0.250 e. The van der Waals surface area contributed by atoms with Gasteiger partial charge in [0.1, 0.15) is 0 Å². The third-order valence-corrected chi connectivity index (χ3v) is 5.34. The normalized spacial score (nSPS) is 15.6. The largest absolute Gasteiger partial charge is 0.311 e. The first-order valence-electron chi connectivity index (χ1n) is 8.24. The molecule has 1 aliphatic rings. The van der Waals surface area contributed by atoms with Crippen LogP contribution in [0.5, 0.6) is 0 Å². The molecule has 0 unspecified atom stereocenters. The van der Waals surface area contributed by atoms with Gasteiger partial charge in [-0.05, 0) is 37.5 Å². The van der Waals surface area contributed by atoms with Crippen molar-refractivity contribution in [1.29, 1.82) is 0 Å². The molecule has 0 atom stereocenters. The number of rotatable bonds is 5. The Morgan fingerprint density at radius 2 is 2.00 bits per heavy atom. The van der Waals surface area contributed by atoms with Gasteiger partial charge in [0.05, 0.1) is 0 Å². The van der Waals surface area contributed by atoms with E-state index in [0.717, 1.165) is 45.6 Å². The molecule has 0 amide bonds. The van der Waals surface area contributed by atoms with Crippen LogP contribution < -0.4 is 5.56 Å². The molecular weight excluding hydrogens is 306 g/mol. The van der Waals surface area contributed by atoms with Gasteiger partial charge in [-0.15, -0.1) is 11.3 Å². The van der Waals surface area contributed by atoms with E-state index in [1.54, 1.807) is 6.07 Å². The van der Waals surface area contributed by atoms with Gasteiger partial charge in [0.15, 0.2) is 0 Å². The van der Waals surface area contributed by atoms with Crippen LogP contribution in [0.2, 0.25) is 0 Å². The summed E-state index contributed by atoms with van der Waals surface area (Å²) in [5.74, 6) is 0. The molecule has 1 aliphatic heterocycles. The molecule has 0 N–H and O–H groups in total. The fourth-order valence-corrected chi connectivity index (χ4v) is 3.91. The van der Waals surface area contributed by atoms with E-state index in [1.165, 1.54) is 16.1 Å². The Bertz CT molecular complexity index is 691. The maximum absolute atomic E-state index is 12.3. The van der Waals surface area contributed by atoms with Gasteiger partial charge in [-0.25, -0.2) is 0 Å². The van der Waals surface area contributed by atoms with Crippen LogP contribution in [0.1, 0.15) is 16.1 Å². The molecule has 0 fully saturated rings. The Morgan fingerprint density at radius 3 is 2.74 bits per heavy atom. The van der Waals surface area contributed by atoms with E-state index >= 15 is 0 Å². The Kier molecular flexibility index (Phi) is 5.30. The molecule has 0 saturated carbocycles. The molecule has 0 aromatic carbocycles. The second-order valence-corrected chi connectivity index (χ2v) is 7.49. The maximum Gasteiger partial charge on any atom is 0.250 e. The van der Waals surface area contributed by atoms with Crippen molar-refractivity contribution in [2.45, 2.75) is 25.9 Å². The number of likely N-dealkylation sites (N-methyl/N-ethyl adjacent to an activating group) is 1. The first-order valence-corrected chi connectivity index (χ1v) is 9.12. The summed E-state index contributed by atoms with van der Waals surface area (Å²) in [5.41, 5.74) is 2.72. The van der Waals surface area contributed by atoms with Crippen LogP contribution in [-0.2, 0) is 25.9 Å². The molecule has 124 valence electrons. The lowest BCUT2D eigenvalue weighted by atomic mass is 10.1. The highest BCUT2D eigenvalue weighted by molar-refractivity contribution is 7.09. The second-order valence-electron chi connectivity index (χ2n) is 6.45. The van der Waals surface area contributed by atoms with Crippen molar-refractivity contribution in [2.24, 2.45) is 0 Å². The fourth-order valence-electron chi connectivity index (χ4n) is 3.17. The highest BCUT2D eigenvalue weighted by Crippen LogP contribution is 2.18. The van der Waals surface area contributed by atoms with Crippen molar-refractivity contribution in [3.05, 3.63) is 56.1 Å². The Hall–Kier alpha value is -1.43. The summed E-state index contributed by atoms with van der Waals surface area (Å²) in [7, 11) is 4.10. The standard InChI is InChI=1S/C18H25N3OS/c1-19(2)11-12-21-17-8-10-20(14-16-4-3-13-23-16)9-7-15(17)5-6-18(21)22/h3-6,13H,7-12,14H2,1-2H3. The van der Waals surface area contributed by atoms with Gasteiger partial charge in [-0.3, -0.25) is 9.69 Å². The zero-order valence-corrected chi connectivity index (χ0v) is 14.8. The van der Waals surface area contributed by atoms with E-state index in [9.17, 15) is 4.79 Å². The Morgan fingerprint density at radius 1 is 1.17 bits per heavy atom. The van der Waals surface area contributed by atoms with Gasteiger partial charge in [0.25, 0.3) is 5.56 Å². The fraction of sp³-hybridized carbons (Fsp3) is 0.500. The van der Waals surface area contributed by atoms with Crippen molar-refractivity contribution in [3.63, 3.8) is 0 Å². The molecule has 23 heavy (non-hydrogen) atoms. The van der Waals surface area contributed by atoms with Crippen LogP contribution in [0.4, 0.5) is 0 Å². The summed E-state index contributed by atoms with van der Waals surface area (Å²) in [6.45, 7) is 4.79. The van der Waals surface area contributed by atoms with Crippen LogP contribution in [-0.4, -0.2) is 48.1 Å². The monoisotopic (exact) mass is 331 g/mol. The number of pyridine rings is 1. The van der Waals surface area contributed by atoms with E-state index in [2.05, 4.69) is 41.4 Å². The number of hydrogen-bond acceptors (Lipinski definition) is 4. The third kappa shape index (κ3) is 4.10. The molecule has 5 heteroatoms. The average molecular weight is 331 g/mol. The molecule has 3 rings (SSSR count). The predicted molar refractivity (Wildman–Crippen MR) is 96.3 cm³/mol. The lowest BCUT2D eigenvalue weighted by Gasteiger charge is -2.19. The van der Waals surface area contributed by atoms with Crippen molar-refractivity contribution in [3.8, 4) is 0 Å². The molecule has 0 spiro atoms. The molecule has 3 heterocycles. The molecule has 2 aromatic rings. The van der Waals surface area contributed by atoms with E-state index in [1.807, 2.05) is 22.0 Å². The van der Waals surface area contributed by atoms with Gasteiger partial charge in [-0.1, -0.05) is 12.1 Å². The lowest BCUT2D eigenvalue weighted by Crippen LogP contribution is -2.30. The quantitative estimate of drug-likeness (QED) is 0.840. The SMILES string of the molecule is CN(C)CCn1c2c(ccc1=O)CCN(Cc1cccs1)CC2. The van der Waals surface area contributed by atoms with Crippen molar-refractivity contribution >= 4 is 11.3 Å². The minimum absolute atomic E-state index is 0.136. The van der Waals surface area contributed by atoms with Crippen LogP contribution in [0.15, 0.2) is 34.4 Å². The van der Waals surface area contributed by atoms with Crippen LogP contribution in [0.25, 0.3) is 0 Å². The minimum atomic E-state index is 0.136. The highest BCUT2D eigenvalue weighted by Gasteiger charge is 2.17. The van der Waals surface area contributed by atoms with Crippen LogP contribution in [0.3, 0.4) is 0 Å². The number of fused-ring (bicyclic) bond motifs is 1. The summed E-state index contributed by atoms with van der Waals surface area (Å²) in [4.78, 5) is 18.3. The maximum atomic E-state index is 12.3. The molecule has 4 nitrogen and oxygen atoms in total. The average Bonchev–Trinajstić information content (AvgIpc) is 2.94. The number of nitrogens with zero attached hydrogens (tertiary/aromatic N) is 3. The first kappa shape index (κ1) is 16.4. The minimum Gasteiger partial charge on any atom is -0.311 e. The predicted octanol–water partition coefficient (Wildman–Crippen LogP) is 2.07. The summed E-state index contributed by atoms with van der Waals surface area (Å²) < 4.78 is 1.99. The van der Waals surface area contributed by atoms with E-state index in [-0.39, 0.29) is 5.56 Å². The molecular formula is C18H25N3OS. The molecule has 2 aromatic heterocycles. The van der Waals surface area contributed by atoms with Crippen LogP contribution in [0, 0.1) is 0 Å². The van der Waals surface area contributed by atoms with Gasteiger partial charge in [0, 0.05) is 55.8 Å². The zero-order valence-electron chi connectivity index (χ0n) is 14.0. The Labute approximate surface area is 142 Å². The van der Waals surface area contributed by atoms with E-state index < -0.39 is 0 Å². The Balaban J connectivity index is 1.76. The van der Waals surface area contributed by atoms with Crippen molar-refractivity contribution < 1.29 is 0 Å². The van der Waals surface area contributed by atoms with Gasteiger partial charge in [0.2, 0.25) is 0 Å². The first-order chi connectivity index (χ1) is 11.1. The second kappa shape index (κ2) is 7.43. The number of hydrogen-bond donors (Lipinski definition) is 0. The molecule has 0 radical (unpaired) electrons. The lowest BCUT2D eigenvalue weighted by molar-refractivity contribution is 0.280. The van der Waals surface area contributed by atoms with Gasteiger partial charge < -0.3 is 9.47 Å². The van der Waals surface area contributed by atoms with Gasteiger partial charge in [-0.2, -0.15) is 0 Å². The molecule has 0 bridgehead atoms. The van der Waals surface area contributed by atoms with Gasteiger partial charge >= 0.3 is 0 Å². The molecule has 0 saturated heterocycles. The third-order valence-electron chi connectivity index (χ3n) is 4.48. The van der Waals surface area contributed by atoms with Crippen molar-refractivity contribution in [2.75, 3.05) is 33.7 Å². The number of aromatic nitrogens is 1. The summed E-state index contributed by atoms with van der Waals surface area (Å²) in [6, 6.07) is 8.10. The number of thiophene rings is 1. The zero-order chi connectivity index (χ0) is 16.2. The van der Waals surface area contributed by atoms with Crippen LogP contribution >= 0.6 is 11.3 Å². The van der Waals surface area contributed by atoms with E-state index in [0.29, 0.717) is 0 Å². The van der Waals surface area contributed by atoms with Crippen molar-refractivity contribution in [1.82, 2.24) is 14.4 Å². The summed E-state index contributed by atoms with van der Waals surface area (Å²) in [5, 5.41) is 2.14. The highest BCUT2D eigenvalue weighted by atomic mass is 32.1. The van der Waals surface area contributed by atoms with E-state index in [4.69, 9.17) is 0 Å².